The molecule has 0 bridgehead atoms. The number of aromatic nitrogens is 4. The molecule has 3 heterocycles. The van der Waals surface area contributed by atoms with Gasteiger partial charge in [0.05, 0.1) is 17.2 Å². The van der Waals surface area contributed by atoms with Gasteiger partial charge in [-0.15, -0.1) is 5.10 Å². The molecule has 12 heteroatoms. The fourth-order valence-corrected chi connectivity index (χ4v) is 5.43. The molecule has 2 aromatic heterocycles. The Bertz CT molecular complexity index is 1650. The van der Waals surface area contributed by atoms with Crippen molar-refractivity contribution in [1.29, 1.82) is 0 Å². The molecule has 2 aromatic carbocycles. The summed E-state index contributed by atoms with van der Waals surface area (Å²) in [5.41, 5.74) is 0.273. The quantitative estimate of drug-likeness (QED) is 0.289. The number of ether oxygens (including phenoxy) is 1. The average Bonchev–Trinajstić information content (AvgIpc) is 3.25. The van der Waals surface area contributed by atoms with Crippen molar-refractivity contribution < 1.29 is 18.3 Å². The Morgan fingerprint density at radius 3 is 2.46 bits per heavy atom. The van der Waals surface area contributed by atoms with Crippen molar-refractivity contribution in [2.45, 2.75) is 52.0 Å². The number of para-hydroxylation sites is 1. The zero-order valence-corrected chi connectivity index (χ0v) is 23.0. The number of halogens is 3. The van der Waals surface area contributed by atoms with Gasteiger partial charge < -0.3 is 9.64 Å². The molecule has 0 atom stereocenters. The number of hydrogen-bond acceptors (Lipinski definition) is 6. The summed E-state index contributed by atoms with van der Waals surface area (Å²) < 4.78 is 38.6. The monoisotopic (exact) mass is 580 g/mol. The molecule has 2 aliphatic rings. The largest absolute Gasteiger partial charge is 0.369 e. The molecule has 1 amide bonds. The number of amides is 1. The summed E-state index contributed by atoms with van der Waals surface area (Å²) in [6, 6.07) is 14.8. The van der Waals surface area contributed by atoms with Gasteiger partial charge in [-0.1, -0.05) is 48.0 Å². The Morgan fingerprint density at radius 2 is 1.78 bits per heavy atom. The van der Waals surface area contributed by atoms with Gasteiger partial charge >= 0.3 is 5.69 Å². The number of hydrogen-bond donors (Lipinski definition) is 0. The van der Waals surface area contributed by atoms with E-state index < -0.39 is 23.2 Å². The number of fused-ring (bicyclic) bond motifs is 1. The second-order valence-corrected chi connectivity index (χ2v) is 10.4. The maximum atomic E-state index is 15.7. The molecule has 0 unspecified atom stereocenters. The molecule has 212 valence electrons. The van der Waals surface area contributed by atoms with Crippen molar-refractivity contribution in [3.8, 4) is 5.82 Å². The summed E-state index contributed by atoms with van der Waals surface area (Å²) in [7, 11) is 0. The second-order valence-electron chi connectivity index (χ2n) is 10.00. The second kappa shape index (κ2) is 11.1. The zero-order valence-electron chi connectivity index (χ0n) is 22.3. The van der Waals surface area contributed by atoms with Crippen LogP contribution >= 0.6 is 11.6 Å². The van der Waals surface area contributed by atoms with Gasteiger partial charge in [-0.2, -0.15) is 4.68 Å². The fourth-order valence-electron chi connectivity index (χ4n) is 5.16. The third-order valence-electron chi connectivity index (χ3n) is 7.50. The molecule has 6 rings (SSSR count). The van der Waals surface area contributed by atoms with E-state index >= 15 is 4.39 Å². The van der Waals surface area contributed by atoms with Gasteiger partial charge in [-0.3, -0.25) is 14.3 Å². The van der Waals surface area contributed by atoms with Crippen LogP contribution in [0.4, 0.5) is 20.3 Å². The minimum atomic E-state index is -0.910. The van der Waals surface area contributed by atoms with Crippen LogP contribution in [0.1, 0.15) is 47.9 Å². The predicted octanol–water partition coefficient (Wildman–Crippen LogP) is 5.07. The van der Waals surface area contributed by atoms with Crippen LogP contribution in [0.15, 0.2) is 59.4 Å². The number of carbonyl (C=O) groups excluding carboxylic acids is 1. The molecule has 9 nitrogen and oxygen atoms in total. The van der Waals surface area contributed by atoms with Gasteiger partial charge in [0.15, 0.2) is 17.5 Å². The first kappa shape index (κ1) is 27.1. The molecule has 1 fully saturated rings. The van der Waals surface area contributed by atoms with Gasteiger partial charge in [0.1, 0.15) is 30.6 Å². The maximum Gasteiger partial charge on any atom is 0.352 e. The number of nitrogens with zero attached hydrogens (tertiary/aromatic N) is 6. The van der Waals surface area contributed by atoms with E-state index in [0.29, 0.717) is 19.0 Å². The smallest absolute Gasteiger partial charge is 0.352 e. The van der Waals surface area contributed by atoms with Gasteiger partial charge in [0, 0.05) is 12.6 Å². The van der Waals surface area contributed by atoms with Crippen molar-refractivity contribution in [2.24, 2.45) is 0 Å². The van der Waals surface area contributed by atoms with E-state index in [2.05, 4.69) is 10.1 Å². The highest BCUT2D eigenvalue weighted by atomic mass is 35.5. The standard InChI is InChI=1S/C29H27ClF2N6O3/c1-2-35-24(16-41-15-18-8-4-3-5-9-18)34-38(29(35)40)27-23(32)14-20-26(33-27)36(19-10-6-11-19)17-37(28(20)39)25-21(30)12-7-13-22(25)31/h3-5,7-9,12-14,19H,2,6,10-11,15-17H2,1H3. The summed E-state index contributed by atoms with van der Waals surface area (Å²) in [5, 5.41) is 4.43. The minimum Gasteiger partial charge on any atom is -0.369 e. The van der Waals surface area contributed by atoms with Crippen molar-refractivity contribution >= 4 is 29.0 Å². The molecule has 0 saturated heterocycles. The first-order valence-corrected chi connectivity index (χ1v) is 13.8. The number of carbonyl (C=O) groups is 1. The number of pyridine rings is 1. The van der Waals surface area contributed by atoms with Crippen LogP contribution in [0.3, 0.4) is 0 Å². The third-order valence-corrected chi connectivity index (χ3v) is 7.81. The van der Waals surface area contributed by atoms with Crippen molar-refractivity contribution in [2.75, 3.05) is 16.5 Å². The van der Waals surface area contributed by atoms with Crippen LogP contribution in [0, 0.1) is 11.6 Å². The van der Waals surface area contributed by atoms with Crippen molar-refractivity contribution in [3.63, 3.8) is 0 Å². The first-order chi connectivity index (χ1) is 19.9. The first-order valence-electron chi connectivity index (χ1n) is 13.4. The van der Waals surface area contributed by atoms with Crippen LogP contribution in [0.2, 0.25) is 5.02 Å². The molecular weight excluding hydrogens is 554 g/mol. The van der Waals surface area contributed by atoms with E-state index in [4.69, 9.17) is 16.3 Å². The molecule has 0 spiro atoms. The van der Waals surface area contributed by atoms with Crippen LogP contribution in [-0.2, 0) is 24.5 Å². The number of anilines is 2. The molecule has 1 aliphatic heterocycles. The van der Waals surface area contributed by atoms with Gasteiger partial charge in [-0.05, 0) is 49.9 Å². The normalized spacial score (nSPS) is 15.3. The zero-order chi connectivity index (χ0) is 28.7. The summed E-state index contributed by atoms with van der Waals surface area (Å²) >= 11 is 6.29. The SMILES string of the molecule is CCn1c(COCc2ccccc2)nn(-c2nc3c(cc2F)C(=O)N(c2c(F)cccc2Cl)CN3C2CCC2)c1=O. The van der Waals surface area contributed by atoms with E-state index in [0.717, 1.165) is 35.6 Å². The highest BCUT2D eigenvalue weighted by molar-refractivity contribution is 6.34. The van der Waals surface area contributed by atoms with Gasteiger partial charge in [-0.25, -0.2) is 18.6 Å². The summed E-state index contributed by atoms with van der Waals surface area (Å²) in [6.45, 7) is 2.40. The lowest BCUT2D eigenvalue weighted by Crippen LogP contribution is -2.53. The molecule has 4 aromatic rings. The van der Waals surface area contributed by atoms with Crippen LogP contribution < -0.4 is 15.5 Å². The van der Waals surface area contributed by atoms with Crippen LogP contribution in [0.5, 0.6) is 0 Å². The number of benzene rings is 2. The highest BCUT2D eigenvalue weighted by Gasteiger charge is 2.39. The van der Waals surface area contributed by atoms with E-state index in [1.807, 2.05) is 35.2 Å². The summed E-state index contributed by atoms with van der Waals surface area (Å²) in [5.74, 6) is -1.99. The Morgan fingerprint density at radius 1 is 1.00 bits per heavy atom. The fraction of sp³-hybridized carbons (Fsp3) is 0.310. The van der Waals surface area contributed by atoms with Gasteiger partial charge in [0.2, 0.25) is 0 Å². The van der Waals surface area contributed by atoms with Crippen LogP contribution in [0.25, 0.3) is 5.82 Å². The molecule has 41 heavy (non-hydrogen) atoms. The molecule has 0 N–H and O–H groups in total. The summed E-state index contributed by atoms with van der Waals surface area (Å²) in [6.07, 6.45) is 2.63. The van der Waals surface area contributed by atoms with E-state index in [-0.39, 0.29) is 47.2 Å². The maximum absolute atomic E-state index is 15.7. The van der Waals surface area contributed by atoms with Crippen LogP contribution in [-0.4, -0.2) is 37.9 Å². The topological polar surface area (TPSA) is 85.5 Å². The highest BCUT2D eigenvalue weighted by Crippen LogP contribution is 2.39. The number of rotatable bonds is 8. The Labute approximate surface area is 239 Å². The Hall–Kier alpha value is -4.09. The average molecular weight is 581 g/mol. The molecule has 1 aliphatic carbocycles. The van der Waals surface area contributed by atoms with E-state index in [1.165, 1.54) is 27.7 Å². The lowest BCUT2D eigenvalue weighted by atomic mass is 9.91. The summed E-state index contributed by atoms with van der Waals surface area (Å²) in [4.78, 5) is 34.4. The Balaban J connectivity index is 1.37. The lowest BCUT2D eigenvalue weighted by molar-refractivity contribution is 0.0977. The third kappa shape index (κ3) is 4.89. The lowest BCUT2D eigenvalue weighted by Gasteiger charge is -2.45. The minimum absolute atomic E-state index is 0.00702. The van der Waals surface area contributed by atoms with Crippen molar-refractivity contribution in [1.82, 2.24) is 19.3 Å². The Kier molecular flexibility index (Phi) is 7.31. The molecule has 1 saturated carbocycles. The van der Waals surface area contributed by atoms with E-state index in [9.17, 15) is 14.0 Å². The predicted molar refractivity (Wildman–Crippen MR) is 149 cm³/mol. The van der Waals surface area contributed by atoms with Gasteiger partial charge in [0.25, 0.3) is 5.91 Å². The molecule has 0 radical (unpaired) electrons. The van der Waals surface area contributed by atoms with E-state index in [1.54, 1.807) is 6.92 Å². The molecular formula is C29H27ClF2N6O3. The van der Waals surface area contributed by atoms with Crippen molar-refractivity contribution in [3.05, 3.63) is 98.7 Å².